The van der Waals surface area contributed by atoms with Crippen molar-refractivity contribution in [1.82, 2.24) is 18.8 Å². The summed E-state index contributed by atoms with van der Waals surface area (Å²) >= 11 is 0. The molecule has 0 aliphatic rings. The van der Waals surface area contributed by atoms with E-state index in [0.717, 1.165) is 27.6 Å². The lowest BCUT2D eigenvalue weighted by Crippen LogP contribution is -2.17. The van der Waals surface area contributed by atoms with Gasteiger partial charge in [-0.25, -0.2) is 9.97 Å². The Morgan fingerprint density at radius 2 is 1.41 bits per heavy atom. The van der Waals surface area contributed by atoms with Crippen molar-refractivity contribution in [3.8, 4) is 0 Å². The first kappa shape index (κ1) is 14.4. The van der Waals surface area contributed by atoms with Crippen molar-refractivity contribution >= 4 is 44.3 Å². The van der Waals surface area contributed by atoms with E-state index in [1.807, 2.05) is 60.7 Å². The van der Waals surface area contributed by atoms with Gasteiger partial charge in [-0.15, -0.1) is 0 Å². The summed E-state index contributed by atoms with van der Waals surface area (Å²) in [6.45, 7) is 2.05. The van der Waals surface area contributed by atoms with Crippen LogP contribution in [-0.4, -0.2) is 18.8 Å². The van der Waals surface area contributed by atoms with Crippen LogP contribution in [-0.2, 0) is 0 Å². The predicted molar refractivity (Wildman–Crippen MR) is 107 cm³/mol. The molecule has 128 valence electrons. The lowest BCUT2D eigenvalue weighted by Gasteiger charge is -2.11. The molecule has 0 spiro atoms. The Labute approximate surface area is 153 Å². The molecule has 0 aliphatic carbocycles. The zero-order chi connectivity index (χ0) is 18.1. The maximum Gasteiger partial charge on any atom is 0.266 e. The van der Waals surface area contributed by atoms with Gasteiger partial charge in [0.05, 0.1) is 33.0 Å². The molecule has 0 atom stereocenters. The number of hydrogen-bond acceptors (Lipinski definition) is 3. The number of imidazole rings is 1. The number of benzene rings is 3. The van der Waals surface area contributed by atoms with Crippen LogP contribution in [0.3, 0.4) is 0 Å². The molecule has 0 N–H and O–H groups in total. The Kier molecular flexibility index (Phi) is 2.63. The Morgan fingerprint density at radius 1 is 0.704 bits per heavy atom. The quantitative estimate of drug-likeness (QED) is 0.306. The molecule has 27 heavy (non-hydrogen) atoms. The van der Waals surface area contributed by atoms with Crippen LogP contribution in [0.4, 0.5) is 0 Å². The minimum absolute atomic E-state index is 0.0704. The van der Waals surface area contributed by atoms with Gasteiger partial charge in [0.1, 0.15) is 0 Å². The zero-order valence-corrected chi connectivity index (χ0v) is 14.5. The number of para-hydroxylation sites is 3. The third-order valence-electron chi connectivity index (χ3n) is 5.15. The maximum absolute atomic E-state index is 13.3. The molecule has 5 heteroatoms. The lowest BCUT2D eigenvalue weighted by atomic mass is 10.2. The van der Waals surface area contributed by atoms with E-state index < -0.39 is 0 Å². The molecule has 6 aromatic rings. The van der Waals surface area contributed by atoms with Gasteiger partial charge in [0.15, 0.2) is 11.3 Å². The number of aryl methyl sites for hydroxylation is 1. The van der Waals surface area contributed by atoms with Gasteiger partial charge >= 0.3 is 0 Å². The molecule has 0 unspecified atom stereocenters. The van der Waals surface area contributed by atoms with Crippen LogP contribution in [0.25, 0.3) is 44.3 Å². The average Bonchev–Trinajstić information content (AvgIpc) is 3.08. The summed E-state index contributed by atoms with van der Waals surface area (Å²) in [5.41, 5.74) is 6.68. The van der Waals surface area contributed by atoms with E-state index in [1.165, 1.54) is 0 Å². The highest BCUT2D eigenvalue weighted by Gasteiger charge is 2.17. The summed E-state index contributed by atoms with van der Waals surface area (Å²) in [5.74, 6) is 0. The first-order valence-electron chi connectivity index (χ1n) is 8.83. The number of aromatic nitrogens is 4. The monoisotopic (exact) mass is 350 g/mol. The Hall–Kier alpha value is -3.73. The van der Waals surface area contributed by atoms with Gasteiger partial charge in [0, 0.05) is 0 Å². The van der Waals surface area contributed by atoms with Crippen molar-refractivity contribution in [1.29, 1.82) is 0 Å². The van der Waals surface area contributed by atoms with Crippen molar-refractivity contribution in [2.75, 3.05) is 0 Å². The molecule has 3 heterocycles. The van der Waals surface area contributed by atoms with Crippen LogP contribution in [0.15, 0.2) is 71.5 Å². The van der Waals surface area contributed by atoms with Crippen LogP contribution >= 0.6 is 0 Å². The first-order valence-corrected chi connectivity index (χ1v) is 8.83. The first-order chi connectivity index (χ1) is 13.2. The Bertz CT molecular complexity index is 1610. The predicted octanol–water partition coefficient (Wildman–Crippen LogP) is 4.11. The normalized spacial score (nSPS) is 12.0. The number of rotatable bonds is 0. The number of hydrogen-bond donors (Lipinski definition) is 0. The lowest BCUT2D eigenvalue weighted by molar-refractivity contribution is 1.10. The molecule has 0 fully saturated rings. The van der Waals surface area contributed by atoms with E-state index in [9.17, 15) is 4.79 Å². The number of fused-ring (bicyclic) bond motifs is 9. The van der Waals surface area contributed by atoms with E-state index >= 15 is 0 Å². The fourth-order valence-electron chi connectivity index (χ4n) is 3.93. The van der Waals surface area contributed by atoms with E-state index in [2.05, 4.69) is 17.4 Å². The van der Waals surface area contributed by atoms with E-state index in [1.54, 1.807) is 4.40 Å². The van der Waals surface area contributed by atoms with E-state index in [4.69, 9.17) is 9.97 Å². The Morgan fingerprint density at radius 3 is 2.30 bits per heavy atom. The summed E-state index contributed by atoms with van der Waals surface area (Å²) in [4.78, 5) is 23.0. The second-order valence-corrected chi connectivity index (χ2v) is 6.84. The average molecular weight is 350 g/mol. The van der Waals surface area contributed by atoms with Crippen molar-refractivity contribution in [3.05, 3.63) is 82.6 Å². The topological polar surface area (TPSA) is 51.7 Å². The molecule has 0 saturated carbocycles. The molecule has 0 bridgehead atoms. The minimum atomic E-state index is -0.0704. The molecule has 5 nitrogen and oxygen atoms in total. The largest absolute Gasteiger partial charge is 0.288 e. The number of nitrogens with zero attached hydrogens (tertiary/aromatic N) is 4. The van der Waals surface area contributed by atoms with Crippen LogP contribution in [0.1, 0.15) is 5.56 Å². The molecule has 3 aromatic carbocycles. The van der Waals surface area contributed by atoms with Crippen molar-refractivity contribution in [2.45, 2.75) is 6.92 Å². The van der Waals surface area contributed by atoms with Crippen LogP contribution < -0.4 is 5.56 Å². The maximum atomic E-state index is 13.3. The summed E-state index contributed by atoms with van der Waals surface area (Å²) in [6, 6.07) is 21.6. The molecule has 6 rings (SSSR count). The second kappa shape index (κ2) is 4.92. The van der Waals surface area contributed by atoms with E-state index in [0.29, 0.717) is 22.2 Å². The third kappa shape index (κ3) is 1.80. The van der Waals surface area contributed by atoms with Gasteiger partial charge < -0.3 is 0 Å². The molecule has 3 aromatic heterocycles. The third-order valence-corrected chi connectivity index (χ3v) is 5.15. The van der Waals surface area contributed by atoms with Crippen molar-refractivity contribution < 1.29 is 0 Å². The molecular weight excluding hydrogens is 336 g/mol. The van der Waals surface area contributed by atoms with E-state index in [-0.39, 0.29) is 5.56 Å². The highest BCUT2D eigenvalue weighted by atomic mass is 16.1. The van der Waals surface area contributed by atoms with Crippen molar-refractivity contribution in [2.24, 2.45) is 0 Å². The van der Waals surface area contributed by atoms with Gasteiger partial charge in [-0.3, -0.25) is 13.6 Å². The van der Waals surface area contributed by atoms with Gasteiger partial charge in [0.25, 0.3) is 5.56 Å². The van der Waals surface area contributed by atoms with Crippen molar-refractivity contribution in [3.63, 3.8) is 0 Å². The van der Waals surface area contributed by atoms with Gasteiger partial charge in [-0.05, 0) is 48.9 Å². The van der Waals surface area contributed by atoms with Crippen LogP contribution in [0.2, 0.25) is 0 Å². The molecule has 0 aliphatic heterocycles. The fraction of sp³-hybridized carbons (Fsp3) is 0.0455. The summed E-state index contributed by atoms with van der Waals surface area (Å²) < 4.78 is 3.80. The van der Waals surface area contributed by atoms with Crippen LogP contribution in [0.5, 0.6) is 0 Å². The SMILES string of the molecule is Cc1ccc2c(c1)n1c3ccccc3nc1c1nc3ccccc3c(=O)n21. The zero-order valence-electron chi connectivity index (χ0n) is 14.5. The Balaban J connectivity index is 2.06. The summed E-state index contributed by atoms with van der Waals surface area (Å²) in [5, 5.41) is 0.609. The molecule has 0 radical (unpaired) electrons. The van der Waals surface area contributed by atoms with Gasteiger partial charge in [-0.2, -0.15) is 0 Å². The van der Waals surface area contributed by atoms with Gasteiger partial charge in [-0.1, -0.05) is 30.3 Å². The molecule has 0 amide bonds. The molecular formula is C22H14N4O. The fourth-order valence-corrected chi connectivity index (χ4v) is 3.93. The van der Waals surface area contributed by atoms with Gasteiger partial charge in [0.2, 0.25) is 0 Å². The summed E-state index contributed by atoms with van der Waals surface area (Å²) in [6.07, 6.45) is 0. The standard InChI is InChI=1S/C22H14N4O/c1-13-10-11-18-19(12-13)25-17-9-5-4-8-16(17)24-20(25)21-23-15-7-3-2-6-14(15)22(27)26(18)21/h2-12H,1H3. The van der Waals surface area contributed by atoms with Crippen LogP contribution in [0, 0.1) is 6.92 Å². The summed E-state index contributed by atoms with van der Waals surface area (Å²) in [7, 11) is 0. The second-order valence-electron chi connectivity index (χ2n) is 6.84. The highest BCUT2D eigenvalue weighted by molar-refractivity contribution is 5.96. The smallest absolute Gasteiger partial charge is 0.266 e. The minimum Gasteiger partial charge on any atom is -0.288 e. The highest BCUT2D eigenvalue weighted by Crippen LogP contribution is 2.26. The molecule has 0 saturated heterocycles.